The molecular weight excluding hydrogens is 430 g/mol. The maximum atomic E-state index is 13.1. The molecule has 0 saturated carbocycles. The van der Waals surface area contributed by atoms with E-state index in [1.165, 1.54) is 23.5 Å². The van der Waals surface area contributed by atoms with Crippen molar-refractivity contribution in [2.45, 2.75) is 24.7 Å². The van der Waals surface area contributed by atoms with Gasteiger partial charge in [0.05, 0.1) is 17.6 Å². The molecule has 1 aliphatic heterocycles. The third kappa shape index (κ3) is 5.11. The first-order valence-corrected chi connectivity index (χ1v) is 12.0. The van der Waals surface area contributed by atoms with Crippen molar-refractivity contribution >= 4 is 33.3 Å². The van der Waals surface area contributed by atoms with Gasteiger partial charge in [0, 0.05) is 44.0 Å². The Hall–Kier alpha value is -2.91. The minimum atomic E-state index is -3.88. The van der Waals surface area contributed by atoms with Crippen LogP contribution in [0.4, 0.5) is 11.4 Å². The standard InChI is InChI=1S/C23H29N3O5S/c1-4-25(2)19-9-7-8-18(16-19)24-22(27)17-12-14-26(15-13-17)32(29,30)21-11-6-5-10-20(21)23(28)31-3/h5-11,16-17H,4,12-15H2,1-3H3,(H,24,27). The van der Waals surface area contributed by atoms with Crippen molar-refractivity contribution in [3.05, 3.63) is 54.1 Å². The number of methoxy groups -OCH3 is 1. The second-order valence-electron chi connectivity index (χ2n) is 7.72. The molecular formula is C23H29N3O5S. The predicted octanol–water partition coefficient (Wildman–Crippen LogP) is 2.97. The highest BCUT2D eigenvalue weighted by Gasteiger charge is 2.34. The number of anilines is 2. The van der Waals surface area contributed by atoms with E-state index in [-0.39, 0.29) is 35.4 Å². The van der Waals surface area contributed by atoms with E-state index in [1.807, 2.05) is 31.3 Å². The van der Waals surface area contributed by atoms with Gasteiger partial charge in [-0.2, -0.15) is 4.31 Å². The fourth-order valence-electron chi connectivity index (χ4n) is 3.72. The zero-order valence-electron chi connectivity index (χ0n) is 18.6. The van der Waals surface area contributed by atoms with Crippen molar-refractivity contribution in [2.24, 2.45) is 5.92 Å². The summed E-state index contributed by atoms with van der Waals surface area (Å²) in [6.07, 6.45) is 0.806. The van der Waals surface area contributed by atoms with E-state index in [0.717, 1.165) is 17.9 Å². The molecule has 0 atom stereocenters. The Morgan fingerprint density at radius 3 is 2.47 bits per heavy atom. The number of nitrogens with one attached hydrogen (secondary N) is 1. The summed E-state index contributed by atoms with van der Waals surface area (Å²) in [5, 5.41) is 2.95. The molecule has 1 aliphatic rings. The Morgan fingerprint density at radius 1 is 1.12 bits per heavy atom. The number of amides is 1. The van der Waals surface area contributed by atoms with Gasteiger partial charge in [0.25, 0.3) is 0 Å². The smallest absolute Gasteiger partial charge is 0.339 e. The van der Waals surface area contributed by atoms with Crippen LogP contribution in [0.5, 0.6) is 0 Å². The van der Waals surface area contributed by atoms with Crippen molar-refractivity contribution in [2.75, 3.05) is 44.0 Å². The molecule has 0 aliphatic carbocycles. The number of carbonyl (C=O) groups excluding carboxylic acids is 2. The molecule has 1 heterocycles. The highest BCUT2D eigenvalue weighted by molar-refractivity contribution is 7.89. The van der Waals surface area contributed by atoms with Crippen LogP contribution in [0.25, 0.3) is 0 Å². The molecule has 1 fully saturated rings. The molecule has 3 rings (SSSR count). The van der Waals surface area contributed by atoms with Gasteiger partial charge in [-0.1, -0.05) is 18.2 Å². The van der Waals surface area contributed by atoms with Crippen LogP contribution in [0.2, 0.25) is 0 Å². The minimum Gasteiger partial charge on any atom is -0.465 e. The lowest BCUT2D eigenvalue weighted by Crippen LogP contribution is -2.41. The Morgan fingerprint density at radius 2 is 1.81 bits per heavy atom. The summed E-state index contributed by atoms with van der Waals surface area (Å²) in [6.45, 7) is 3.31. The Labute approximate surface area is 189 Å². The molecule has 172 valence electrons. The topological polar surface area (TPSA) is 96.0 Å². The van der Waals surface area contributed by atoms with Gasteiger partial charge >= 0.3 is 5.97 Å². The molecule has 2 aromatic carbocycles. The Bertz CT molecular complexity index is 1080. The van der Waals surface area contributed by atoms with E-state index < -0.39 is 16.0 Å². The van der Waals surface area contributed by atoms with E-state index in [9.17, 15) is 18.0 Å². The molecule has 1 saturated heterocycles. The number of hydrogen-bond donors (Lipinski definition) is 1. The molecule has 0 bridgehead atoms. The number of nitrogens with zero attached hydrogens (tertiary/aromatic N) is 2. The van der Waals surface area contributed by atoms with Crippen LogP contribution in [-0.2, 0) is 19.6 Å². The fourth-order valence-corrected chi connectivity index (χ4v) is 5.37. The van der Waals surface area contributed by atoms with Crippen molar-refractivity contribution < 1.29 is 22.7 Å². The van der Waals surface area contributed by atoms with Crippen LogP contribution in [0, 0.1) is 5.92 Å². The summed E-state index contributed by atoms with van der Waals surface area (Å²) in [6, 6.07) is 13.6. The van der Waals surface area contributed by atoms with Gasteiger partial charge in [-0.25, -0.2) is 13.2 Å². The second-order valence-corrected chi connectivity index (χ2v) is 9.63. The maximum Gasteiger partial charge on any atom is 0.339 e. The van der Waals surface area contributed by atoms with Crippen molar-refractivity contribution in [3.63, 3.8) is 0 Å². The second kappa shape index (κ2) is 10.1. The van der Waals surface area contributed by atoms with Gasteiger partial charge in [-0.05, 0) is 50.1 Å². The molecule has 1 N–H and O–H groups in total. The van der Waals surface area contributed by atoms with E-state index in [0.29, 0.717) is 12.8 Å². The van der Waals surface area contributed by atoms with Crippen molar-refractivity contribution in [1.29, 1.82) is 0 Å². The summed E-state index contributed by atoms with van der Waals surface area (Å²) in [4.78, 5) is 26.8. The number of piperidine rings is 1. The first-order valence-electron chi connectivity index (χ1n) is 10.6. The maximum absolute atomic E-state index is 13.1. The lowest BCUT2D eigenvalue weighted by molar-refractivity contribution is -0.120. The van der Waals surface area contributed by atoms with Crippen LogP contribution >= 0.6 is 0 Å². The molecule has 0 spiro atoms. The summed E-state index contributed by atoms with van der Waals surface area (Å²) in [7, 11) is -0.683. The van der Waals surface area contributed by atoms with Crippen molar-refractivity contribution in [3.8, 4) is 0 Å². The summed E-state index contributed by atoms with van der Waals surface area (Å²) < 4.78 is 32.3. The van der Waals surface area contributed by atoms with Crippen molar-refractivity contribution in [1.82, 2.24) is 4.31 Å². The van der Waals surface area contributed by atoms with E-state index in [2.05, 4.69) is 17.1 Å². The molecule has 9 heteroatoms. The lowest BCUT2D eigenvalue weighted by Gasteiger charge is -2.31. The van der Waals surface area contributed by atoms with Crippen LogP contribution in [0.3, 0.4) is 0 Å². The first kappa shape index (κ1) is 23.7. The van der Waals surface area contributed by atoms with Gasteiger partial charge in [-0.15, -0.1) is 0 Å². The molecule has 2 aromatic rings. The van der Waals surface area contributed by atoms with Crippen LogP contribution in [0.1, 0.15) is 30.1 Å². The highest BCUT2D eigenvalue weighted by atomic mass is 32.2. The summed E-state index contributed by atoms with van der Waals surface area (Å²) in [5.74, 6) is -1.10. The third-order valence-corrected chi connectivity index (χ3v) is 7.72. The Kier molecular flexibility index (Phi) is 7.52. The molecule has 0 aromatic heterocycles. The average Bonchev–Trinajstić information content (AvgIpc) is 2.83. The van der Waals surface area contributed by atoms with Gasteiger partial charge in [0.2, 0.25) is 15.9 Å². The van der Waals surface area contributed by atoms with Gasteiger partial charge in [0.1, 0.15) is 0 Å². The van der Waals surface area contributed by atoms with E-state index in [1.54, 1.807) is 12.1 Å². The fraction of sp³-hybridized carbons (Fsp3) is 0.391. The zero-order chi connectivity index (χ0) is 23.3. The number of ether oxygens (including phenoxy) is 1. The van der Waals surface area contributed by atoms with E-state index >= 15 is 0 Å². The molecule has 1 amide bonds. The minimum absolute atomic E-state index is 0.00629. The molecule has 32 heavy (non-hydrogen) atoms. The van der Waals surface area contributed by atoms with Gasteiger partial charge in [0.15, 0.2) is 0 Å². The first-order chi connectivity index (χ1) is 15.3. The number of esters is 1. The monoisotopic (exact) mass is 459 g/mol. The van der Waals surface area contributed by atoms with Crippen LogP contribution < -0.4 is 10.2 Å². The summed E-state index contributed by atoms with van der Waals surface area (Å²) >= 11 is 0. The Balaban J connectivity index is 1.66. The quantitative estimate of drug-likeness (QED) is 0.640. The highest BCUT2D eigenvalue weighted by Crippen LogP contribution is 2.27. The van der Waals surface area contributed by atoms with Gasteiger partial charge < -0.3 is 15.0 Å². The number of benzene rings is 2. The average molecular weight is 460 g/mol. The summed E-state index contributed by atoms with van der Waals surface area (Å²) in [5.41, 5.74) is 1.73. The van der Waals surface area contributed by atoms with E-state index in [4.69, 9.17) is 4.74 Å². The lowest BCUT2D eigenvalue weighted by atomic mass is 9.97. The third-order valence-electron chi connectivity index (χ3n) is 5.76. The number of hydrogen-bond acceptors (Lipinski definition) is 6. The number of rotatable bonds is 7. The number of sulfonamides is 1. The molecule has 0 unspecified atom stereocenters. The molecule has 8 nitrogen and oxygen atoms in total. The normalized spacial score (nSPS) is 15.2. The molecule has 0 radical (unpaired) electrons. The largest absolute Gasteiger partial charge is 0.465 e. The zero-order valence-corrected chi connectivity index (χ0v) is 19.4. The van der Waals surface area contributed by atoms with Gasteiger partial charge in [-0.3, -0.25) is 4.79 Å². The van der Waals surface area contributed by atoms with Crippen LogP contribution in [0.15, 0.2) is 53.4 Å². The van der Waals surface area contributed by atoms with Crippen LogP contribution in [-0.4, -0.2) is 58.4 Å². The SMILES string of the molecule is CCN(C)c1cccc(NC(=O)C2CCN(S(=O)(=O)c3ccccc3C(=O)OC)CC2)c1. The predicted molar refractivity (Wildman–Crippen MR) is 123 cm³/mol. The number of carbonyl (C=O) groups is 2.